The normalized spacial score (nSPS) is 14.3. The van der Waals surface area contributed by atoms with Crippen molar-refractivity contribution in [3.8, 4) is 28.8 Å². The van der Waals surface area contributed by atoms with Gasteiger partial charge in [-0.3, -0.25) is 9.38 Å². The van der Waals surface area contributed by atoms with Gasteiger partial charge >= 0.3 is 0 Å². The van der Waals surface area contributed by atoms with Gasteiger partial charge in [0.25, 0.3) is 0 Å². The first-order valence-corrected chi connectivity index (χ1v) is 12.6. The van der Waals surface area contributed by atoms with Gasteiger partial charge in [0.2, 0.25) is 0 Å². The lowest BCUT2D eigenvalue weighted by Gasteiger charge is -2.33. The van der Waals surface area contributed by atoms with Crippen LogP contribution in [0, 0.1) is 11.3 Å². The molecule has 1 N–H and O–H groups in total. The molecule has 0 spiro atoms. The predicted molar refractivity (Wildman–Crippen MR) is 145 cm³/mol. The third-order valence-electron chi connectivity index (χ3n) is 6.37. The summed E-state index contributed by atoms with van der Waals surface area (Å²) in [7, 11) is 0. The minimum Gasteiger partial charge on any atom is -0.490 e. The van der Waals surface area contributed by atoms with E-state index in [0.717, 1.165) is 54.4 Å². The van der Waals surface area contributed by atoms with Crippen LogP contribution in [0.4, 0.5) is 5.82 Å². The van der Waals surface area contributed by atoms with E-state index in [9.17, 15) is 10.4 Å². The van der Waals surface area contributed by atoms with Crippen molar-refractivity contribution < 1.29 is 14.6 Å². The molecule has 0 aromatic carbocycles. The molecule has 0 aliphatic carbocycles. The quantitative estimate of drug-likeness (QED) is 0.369. The molecule has 0 amide bonds. The molecule has 4 aromatic rings. The molecule has 0 bridgehead atoms. The SMILES string of the molecule is C=Cc1ccc(OC2CCN(c3ccc(-c4cc(OCC(C)(C)O)cc5ncc(C#N)n45)cn3)CC2)cn1. The number of nitrogens with zero attached hydrogens (tertiary/aromatic N) is 6. The van der Waals surface area contributed by atoms with Crippen LogP contribution in [0.5, 0.6) is 11.5 Å². The summed E-state index contributed by atoms with van der Waals surface area (Å²) in [5.74, 6) is 2.22. The Hall–Kier alpha value is -4.42. The summed E-state index contributed by atoms with van der Waals surface area (Å²) in [6, 6.07) is 13.6. The Labute approximate surface area is 221 Å². The highest BCUT2D eigenvalue weighted by Crippen LogP contribution is 2.29. The first-order valence-electron chi connectivity index (χ1n) is 12.6. The zero-order valence-corrected chi connectivity index (χ0v) is 21.5. The molecule has 194 valence electrons. The number of hydrogen-bond acceptors (Lipinski definition) is 8. The van der Waals surface area contributed by atoms with Crippen molar-refractivity contribution in [2.24, 2.45) is 0 Å². The Balaban J connectivity index is 1.30. The lowest BCUT2D eigenvalue weighted by molar-refractivity contribution is 0.0285. The van der Waals surface area contributed by atoms with E-state index in [4.69, 9.17) is 14.5 Å². The number of ether oxygens (including phenoxy) is 2. The number of rotatable bonds is 8. The van der Waals surface area contributed by atoms with E-state index in [1.54, 1.807) is 42.8 Å². The predicted octanol–water partition coefficient (Wildman–Crippen LogP) is 4.50. The van der Waals surface area contributed by atoms with Gasteiger partial charge in [0.05, 0.1) is 29.4 Å². The lowest BCUT2D eigenvalue weighted by Crippen LogP contribution is -2.38. The van der Waals surface area contributed by atoms with Crippen LogP contribution in [0.15, 0.2) is 61.6 Å². The van der Waals surface area contributed by atoms with E-state index >= 15 is 0 Å². The first kappa shape index (κ1) is 25.2. The van der Waals surface area contributed by atoms with Crippen molar-refractivity contribution in [3.05, 3.63) is 73.0 Å². The maximum atomic E-state index is 10.1. The maximum Gasteiger partial charge on any atom is 0.145 e. The molecule has 5 heterocycles. The molecule has 1 fully saturated rings. The number of pyridine rings is 3. The van der Waals surface area contributed by atoms with Crippen LogP contribution in [0.25, 0.3) is 23.0 Å². The highest BCUT2D eigenvalue weighted by Gasteiger charge is 2.22. The summed E-state index contributed by atoms with van der Waals surface area (Å²) >= 11 is 0. The van der Waals surface area contributed by atoms with Gasteiger partial charge in [0.15, 0.2) is 0 Å². The smallest absolute Gasteiger partial charge is 0.145 e. The monoisotopic (exact) mass is 510 g/mol. The van der Waals surface area contributed by atoms with Crippen molar-refractivity contribution in [2.75, 3.05) is 24.6 Å². The van der Waals surface area contributed by atoms with E-state index in [1.165, 1.54) is 6.20 Å². The minimum atomic E-state index is -0.978. The first-order chi connectivity index (χ1) is 18.3. The standard InChI is InChI=1S/C29H30N6O3/c1-4-21-6-7-24(18-31-21)38-23-9-11-34(12-10-23)27-8-5-20(16-32-27)26-13-25(37-19-29(2,3)36)14-28-33-17-22(15-30)35(26)28/h4-8,13-14,16-18,23,36H,1,9-12,19H2,2-3H3. The molecule has 1 saturated heterocycles. The number of nitriles is 1. The highest BCUT2D eigenvalue weighted by atomic mass is 16.5. The van der Waals surface area contributed by atoms with Gasteiger partial charge in [-0.1, -0.05) is 6.58 Å². The molecule has 0 saturated carbocycles. The molecule has 5 rings (SSSR count). The molecular formula is C29H30N6O3. The second-order valence-electron chi connectivity index (χ2n) is 9.96. The van der Waals surface area contributed by atoms with Crippen molar-refractivity contribution in [2.45, 2.75) is 38.4 Å². The van der Waals surface area contributed by atoms with E-state index in [1.807, 2.05) is 30.3 Å². The van der Waals surface area contributed by atoms with Crippen molar-refractivity contribution in [1.29, 1.82) is 5.26 Å². The Morgan fingerprint density at radius 2 is 1.89 bits per heavy atom. The second-order valence-corrected chi connectivity index (χ2v) is 9.96. The zero-order valence-electron chi connectivity index (χ0n) is 21.5. The van der Waals surface area contributed by atoms with E-state index < -0.39 is 5.60 Å². The largest absolute Gasteiger partial charge is 0.490 e. The molecule has 1 aliphatic heterocycles. The number of piperidine rings is 1. The van der Waals surface area contributed by atoms with Gasteiger partial charge in [-0.2, -0.15) is 5.26 Å². The number of aliphatic hydroxyl groups is 1. The van der Waals surface area contributed by atoms with Gasteiger partial charge in [0.1, 0.15) is 47.4 Å². The molecule has 4 aromatic heterocycles. The fourth-order valence-electron chi connectivity index (χ4n) is 4.43. The Morgan fingerprint density at radius 3 is 2.53 bits per heavy atom. The van der Waals surface area contributed by atoms with Crippen LogP contribution in [0.2, 0.25) is 0 Å². The van der Waals surface area contributed by atoms with E-state index in [2.05, 4.69) is 27.5 Å². The summed E-state index contributed by atoms with van der Waals surface area (Å²) in [6.07, 6.45) is 8.69. The lowest BCUT2D eigenvalue weighted by atomic mass is 10.1. The summed E-state index contributed by atoms with van der Waals surface area (Å²) in [5, 5.41) is 19.7. The van der Waals surface area contributed by atoms with Gasteiger partial charge in [0, 0.05) is 49.8 Å². The van der Waals surface area contributed by atoms with E-state index in [0.29, 0.717) is 17.1 Å². The number of imidazole rings is 1. The van der Waals surface area contributed by atoms with Crippen LogP contribution < -0.4 is 14.4 Å². The molecule has 1 aliphatic rings. The summed E-state index contributed by atoms with van der Waals surface area (Å²) in [6.45, 7) is 8.89. The van der Waals surface area contributed by atoms with Gasteiger partial charge in [-0.15, -0.1) is 0 Å². The van der Waals surface area contributed by atoms with Gasteiger partial charge < -0.3 is 19.5 Å². The average Bonchev–Trinajstić information content (AvgIpc) is 3.35. The number of hydrogen-bond donors (Lipinski definition) is 1. The fraction of sp³-hybridized carbons (Fsp3) is 0.310. The highest BCUT2D eigenvalue weighted by molar-refractivity contribution is 5.68. The fourth-order valence-corrected chi connectivity index (χ4v) is 4.43. The van der Waals surface area contributed by atoms with Crippen LogP contribution in [0.1, 0.15) is 38.1 Å². The van der Waals surface area contributed by atoms with Gasteiger partial charge in [-0.25, -0.2) is 9.97 Å². The average molecular weight is 511 g/mol. The minimum absolute atomic E-state index is 0.127. The van der Waals surface area contributed by atoms with Crippen LogP contribution >= 0.6 is 0 Å². The number of anilines is 1. The van der Waals surface area contributed by atoms with Crippen molar-refractivity contribution in [1.82, 2.24) is 19.4 Å². The van der Waals surface area contributed by atoms with E-state index in [-0.39, 0.29) is 12.7 Å². The molecule has 0 unspecified atom stereocenters. The molecule has 0 atom stereocenters. The van der Waals surface area contributed by atoms with Crippen LogP contribution in [0.3, 0.4) is 0 Å². The molecule has 0 radical (unpaired) electrons. The Morgan fingerprint density at radius 1 is 1.08 bits per heavy atom. The topological polar surface area (TPSA) is 109 Å². The van der Waals surface area contributed by atoms with Crippen molar-refractivity contribution in [3.63, 3.8) is 0 Å². The summed E-state index contributed by atoms with van der Waals surface area (Å²) < 4.78 is 13.7. The van der Waals surface area contributed by atoms with Crippen molar-refractivity contribution >= 4 is 17.5 Å². The zero-order chi connectivity index (χ0) is 26.7. The molecule has 9 heteroatoms. The third kappa shape index (κ3) is 5.61. The Bertz CT molecular complexity index is 1460. The molecular weight excluding hydrogens is 480 g/mol. The number of fused-ring (bicyclic) bond motifs is 1. The molecule has 38 heavy (non-hydrogen) atoms. The van der Waals surface area contributed by atoms with Crippen LogP contribution in [-0.2, 0) is 0 Å². The third-order valence-corrected chi connectivity index (χ3v) is 6.37. The number of aromatic nitrogens is 4. The summed E-state index contributed by atoms with van der Waals surface area (Å²) in [4.78, 5) is 15.7. The summed E-state index contributed by atoms with van der Waals surface area (Å²) in [5.41, 5.74) is 2.43. The Kier molecular flexibility index (Phi) is 6.99. The second kappa shape index (κ2) is 10.5. The molecule has 9 nitrogen and oxygen atoms in total. The van der Waals surface area contributed by atoms with Gasteiger partial charge in [-0.05, 0) is 44.2 Å². The maximum absolute atomic E-state index is 10.1. The van der Waals surface area contributed by atoms with Crippen LogP contribution in [-0.4, -0.2) is 55.9 Å².